The fraction of sp³-hybridized carbons (Fsp3) is 0.455. The van der Waals surface area contributed by atoms with Crippen LogP contribution in [0.4, 0.5) is 0 Å². The normalized spacial score (nSPS) is 11.2. The van der Waals surface area contributed by atoms with Crippen LogP contribution in [0.3, 0.4) is 0 Å². The van der Waals surface area contributed by atoms with E-state index in [1.54, 1.807) is 4.68 Å². The van der Waals surface area contributed by atoms with Gasteiger partial charge >= 0.3 is 0 Å². The van der Waals surface area contributed by atoms with Crippen molar-refractivity contribution in [2.75, 3.05) is 0 Å². The van der Waals surface area contributed by atoms with Crippen LogP contribution in [-0.2, 0) is 13.1 Å². The maximum atomic E-state index is 11.9. The molecule has 0 atom stereocenters. The molecule has 2 heterocycles. The lowest BCUT2D eigenvalue weighted by molar-refractivity contribution is 0.459. The number of halogens is 2. The van der Waals surface area contributed by atoms with Crippen molar-refractivity contribution in [3.05, 3.63) is 39.0 Å². The third-order valence-corrected chi connectivity index (χ3v) is 3.21. The predicted octanol–water partition coefficient (Wildman–Crippen LogP) is 1.85. The molecule has 0 unspecified atom stereocenters. The summed E-state index contributed by atoms with van der Waals surface area (Å²) in [6.07, 6.45) is 2.82. The van der Waals surface area contributed by atoms with Gasteiger partial charge in [-0.3, -0.25) is 9.36 Å². The number of hydrogen-bond acceptors (Lipinski definition) is 4. The van der Waals surface area contributed by atoms with Gasteiger partial charge in [-0.15, -0.1) is 0 Å². The molecular formula is C11H13Cl2N5O. The molecule has 2 aromatic rings. The van der Waals surface area contributed by atoms with E-state index in [1.165, 1.54) is 17.2 Å². The van der Waals surface area contributed by atoms with Crippen LogP contribution in [0.2, 0.25) is 10.2 Å². The van der Waals surface area contributed by atoms with Gasteiger partial charge in [-0.05, 0) is 5.92 Å². The summed E-state index contributed by atoms with van der Waals surface area (Å²) in [4.78, 5) is 19.9. The summed E-state index contributed by atoms with van der Waals surface area (Å²) in [5.41, 5.74) is -0.388. The quantitative estimate of drug-likeness (QED) is 0.808. The highest BCUT2D eigenvalue weighted by Gasteiger charge is 2.11. The molecular weight excluding hydrogens is 289 g/mol. The highest BCUT2D eigenvalue weighted by molar-refractivity contribution is 6.40. The van der Waals surface area contributed by atoms with Crippen LogP contribution in [0.5, 0.6) is 0 Å². The van der Waals surface area contributed by atoms with Crippen molar-refractivity contribution in [1.82, 2.24) is 24.3 Å². The van der Waals surface area contributed by atoms with Gasteiger partial charge in [-0.25, -0.2) is 14.6 Å². The number of aromatic nitrogens is 5. The average Bonchev–Trinajstić information content (AvgIpc) is 2.77. The molecule has 0 aromatic carbocycles. The van der Waals surface area contributed by atoms with Crippen LogP contribution in [0.25, 0.3) is 0 Å². The largest absolute Gasteiger partial charge is 0.290 e. The first-order valence-electron chi connectivity index (χ1n) is 5.76. The molecule has 0 fully saturated rings. The lowest BCUT2D eigenvalue weighted by Crippen LogP contribution is -2.24. The second-order valence-electron chi connectivity index (χ2n) is 4.53. The Hall–Kier alpha value is -1.40. The first kappa shape index (κ1) is 14.0. The molecule has 0 bridgehead atoms. The Kier molecular flexibility index (Phi) is 4.21. The van der Waals surface area contributed by atoms with Gasteiger partial charge in [0.15, 0.2) is 5.15 Å². The van der Waals surface area contributed by atoms with Gasteiger partial charge in [0, 0.05) is 6.54 Å². The minimum absolute atomic E-state index is 0.00608. The van der Waals surface area contributed by atoms with E-state index < -0.39 is 0 Å². The van der Waals surface area contributed by atoms with Crippen molar-refractivity contribution in [2.24, 2.45) is 5.92 Å². The fourth-order valence-electron chi connectivity index (χ4n) is 1.62. The summed E-state index contributed by atoms with van der Waals surface area (Å²) < 4.78 is 3.12. The summed E-state index contributed by atoms with van der Waals surface area (Å²) in [5.74, 6) is 1.11. The molecule has 19 heavy (non-hydrogen) atoms. The Labute approximate surface area is 120 Å². The zero-order valence-electron chi connectivity index (χ0n) is 10.5. The zero-order valence-corrected chi connectivity index (χ0v) is 12.1. The molecule has 0 radical (unpaired) electrons. The maximum absolute atomic E-state index is 11.9. The third kappa shape index (κ3) is 3.13. The minimum Gasteiger partial charge on any atom is -0.290 e. The molecule has 2 rings (SSSR count). The van der Waals surface area contributed by atoms with Crippen molar-refractivity contribution in [1.29, 1.82) is 0 Å². The Balaban J connectivity index is 2.30. The maximum Gasteiger partial charge on any atom is 0.274 e. The van der Waals surface area contributed by atoms with Gasteiger partial charge in [-0.1, -0.05) is 37.0 Å². The minimum atomic E-state index is -0.388. The van der Waals surface area contributed by atoms with Crippen LogP contribution in [-0.4, -0.2) is 24.3 Å². The summed E-state index contributed by atoms with van der Waals surface area (Å²) in [6, 6.07) is 0. The topological polar surface area (TPSA) is 65.6 Å². The summed E-state index contributed by atoms with van der Waals surface area (Å²) >= 11 is 11.5. The number of hydrogen-bond donors (Lipinski definition) is 0. The monoisotopic (exact) mass is 301 g/mol. The zero-order chi connectivity index (χ0) is 14.0. The fourth-order valence-corrected chi connectivity index (χ4v) is 1.90. The standard InChI is InChI=1S/C11H13Cl2N5O/c1-7(2)3-18-8(14-5-16-18)4-17-6-15-10(13)9(12)11(17)19/h5-7H,3-4H2,1-2H3. The summed E-state index contributed by atoms with van der Waals surface area (Å²) in [6.45, 7) is 5.16. The molecule has 8 heteroatoms. The van der Waals surface area contributed by atoms with Crippen LogP contribution >= 0.6 is 23.2 Å². The van der Waals surface area contributed by atoms with Gasteiger partial charge in [0.2, 0.25) is 0 Å². The second-order valence-corrected chi connectivity index (χ2v) is 5.27. The molecule has 0 aliphatic rings. The predicted molar refractivity (Wildman–Crippen MR) is 72.5 cm³/mol. The van der Waals surface area contributed by atoms with E-state index >= 15 is 0 Å². The first-order chi connectivity index (χ1) is 8.99. The van der Waals surface area contributed by atoms with Crippen LogP contribution < -0.4 is 5.56 Å². The number of nitrogens with zero attached hydrogens (tertiary/aromatic N) is 5. The molecule has 0 aliphatic heterocycles. The second kappa shape index (κ2) is 5.71. The molecule has 2 aromatic heterocycles. The third-order valence-electron chi connectivity index (χ3n) is 2.49. The van der Waals surface area contributed by atoms with Crippen molar-refractivity contribution in [3.8, 4) is 0 Å². The molecule has 102 valence electrons. The van der Waals surface area contributed by atoms with Crippen LogP contribution in [0, 0.1) is 5.92 Å². The van der Waals surface area contributed by atoms with E-state index in [4.69, 9.17) is 23.2 Å². The van der Waals surface area contributed by atoms with E-state index in [-0.39, 0.29) is 22.3 Å². The molecule has 0 N–H and O–H groups in total. The lowest BCUT2D eigenvalue weighted by Gasteiger charge is -2.09. The molecule has 6 nitrogen and oxygen atoms in total. The number of rotatable bonds is 4. The summed E-state index contributed by atoms with van der Waals surface area (Å²) in [5, 5.41) is 4.05. The highest BCUT2D eigenvalue weighted by atomic mass is 35.5. The van der Waals surface area contributed by atoms with E-state index in [9.17, 15) is 4.79 Å². The van der Waals surface area contributed by atoms with Crippen molar-refractivity contribution >= 4 is 23.2 Å². The van der Waals surface area contributed by atoms with Crippen LogP contribution in [0.1, 0.15) is 19.7 Å². The average molecular weight is 302 g/mol. The Morgan fingerprint density at radius 2 is 2.05 bits per heavy atom. The van der Waals surface area contributed by atoms with Crippen molar-refractivity contribution < 1.29 is 0 Å². The molecule has 0 saturated carbocycles. The highest BCUT2D eigenvalue weighted by Crippen LogP contribution is 2.13. The summed E-state index contributed by atoms with van der Waals surface area (Å²) in [7, 11) is 0. The molecule has 0 saturated heterocycles. The van der Waals surface area contributed by atoms with Crippen molar-refractivity contribution in [3.63, 3.8) is 0 Å². The van der Waals surface area contributed by atoms with Gasteiger partial charge in [0.1, 0.15) is 17.2 Å². The molecule has 0 spiro atoms. The Morgan fingerprint density at radius 1 is 1.32 bits per heavy atom. The smallest absolute Gasteiger partial charge is 0.274 e. The van der Waals surface area contributed by atoms with Gasteiger partial charge in [-0.2, -0.15) is 5.10 Å². The van der Waals surface area contributed by atoms with E-state index in [0.29, 0.717) is 11.7 Å². The van der Waals surface area contributed by atoms with E-state index in [1.807, 2.05) is 0 Å². The molecule has 0 aliphatic carbocycles. The lowest BCUT2D eigenvalue weighted by atomic mass is 10.2. The van der Waals surface area contributed by atoms with E-state index in [2.05, 4.69) is 28.9 Å². The Morgan fingerprint density at radius 3 is 2.74 bits per heavy atom. The Bertz CT molecular complexity index is 634. The van der Waals surface area contributed by atoms with E-state index in [0.717, 1.165) is 6.54 Å². The van der Waals surface area contributed by atoms with Gasteiger partial charge in [0.25, 0.3) is 5.56 Å². The van der Waals surface area contributed by atoms with Crippen LogP contribution in [0.15, 0.2) is 17.4 Å². The van der Waals surface area contributed by atoms with Gasteiger partial charge < -0.3 is 0 Å². The molecule has 0 amide bonds. The van der Waals surface area contributed by atoms with Crippen molar-refractivity contribution in [2.45, 2.75) is 26.9 Å². The van der Waals surface area contributed by atoms with Gasteiger partial charge in [0.05, 0.1) is 12.9 Å². The first-order valence-corrected chi connectivity index (χ1v) is 6.51. The SMILES string of the molecule is CC(C)Cn1ncnc1Cn1cnc(Cl)c(Cl)c1=O.